The lowest BCUT2D eigenvalue weighted by Gasteiger charge is -2.27. The van der Waals surface area contributed by atoms with Crippen LogP contribution in [-0.2, 0) is 18.4 Å². The summed E-state index contributed by atoms with van der Waals surface area (Å²) in [6, 6.07) is 10.7. The number of aromatic nitrogens is 4. The highest BCUT2D eigenvalue weighted by atomic mass is 19.4. The van der Waals surface area contributed by atoms with Crippen molar-refractivity contribution in [3.05, 3.63) is 76.0 Å². The van der Waals surface area contributed by atoms with E-state index in [1.54, 1.807) is 16.8 Å². The van der Waals surface area contributed by atoms with E-state index in [-0.39, 0.29) is 17.3 Å². The Bertz CT molecular complexity index is 1530. The first-order valence-corrected chi connectivity index (χ1v) is 12.2. The van der Waals surface area contributed by atoms with Crippen molar-refractivity contribution in [1.82, 2.24) is 24.6 Å². The van der Waals surface area contributed by atoms with E-state index in [1.807, 2.05) is 19.9 Å². The van der Waals surface area contributed by atoms with E-state index in [1.165, 1.54) is 34.3 Å². The van der Waals surface area contributed by atoms with E-state index in [2.05, 4.69) is 32.7 Å². The Balaban J connectivity index is 1.63. The molecule has 0 unspecified atom stereocenters. The number of hydrogen-bond acceptors (Lipinski definition) is 5. The van der Waals surface area contributed by atoms with Crippen LogP contribution in [0.4, 0.5) is 24.7 Å². The van der Waals surface area contributed by atoms with Crippen LogP contribution in [0, 0.1) is 0 Å². The molecule has 4 heterocycles. The van der Waals surface area contributed by atoms with Gasteiger partial charge in [0.1, 0.15) is 11.2 Å². The predicted octanol–water partition coefficient (Wildman–Crippen LogP) is 5.39. The zero-order valence-electron chi connectivity index (χ0n) is 21.1. The standard InChI is InChI=1S/C27H29F3N6O/c1-16(2)35-25(37)21-15-33-24(34-19-6-5-18-14-31-9-7-17(18)11-19)13-22(21)36(35)20-8-10-32-23(12-20)26(3,4)27(28,29)30/h5-6,8,10-13,15-16,31H,7,9,14H2,1-4H3,(H,33,34). The van der Waals surface area contributed by atoms with E-state index in [9.17, 15) is 18.0 Å². The van der Waals surface area contributed by atoms with Gasteiger partial charge in [-0.25, -0.2) is 14.3 Å². The van der Waals surface area contributed by atoms with Crippen molar-refractivity contribution in [3.63, 3.8) is 0 Å². The normalized spacial score (nSPS) is 14.3. The van der Waals surface area contributed by atoms with E-state index in [0.29, 0.717) is 22.4 Å². The molecule has 3 aromatic heterocycles. The van der Waals surface area contributed by atoms with Gasteiger partial charge < -0.3 is 10.6 Å². The fraction of sp³-hybridized carbons (Fsp3) is 0.370. The number of nitrogens with zero attached hydrogens (tertiary/aromatic N) is 4. The minimum absolute atomic E-state index is 0.127. The Hall–Kier alpha value is -3.66. The number of fused-ring (bicyclic) bond motifs is 2. The van der Waals surface area contributed by atoms with Crippen molar-refractivity contribution in [2.45, 2.75) is 58.3 Å². The van der Waals surface area contributed by atoms with Gasteiger partial charge in [0.15, 0.2) is 0 Å². The number of hydrogen-bond donors (Lipinski definition) is 2. The van der Waals surface area contributed by atoms with Crippen molar-refractivity contribution in [2.24, 2.45) is 0 Å². The van der Waals surface area contributed by atoms with Crippen LogP contribution in [0.3, 0.4) is 0 Å². The third-order valence-corrected chi connectivity index (χ3v) is 6.96. The van der Waals surface area contributed by atoms with Gasteiger partial charge in [-0.1, -0.05) is 6.07 Å². The van der Waals surface area contributed by atoms with Crippen LogP contribution in [0.2, 0.25) is 0 Å². The molecule has 194 valence electrons. The van der Waals surface area contributed by atoms with Crippen LogP contribution < -0.4 is 16.2 Å². The summed E-state index contributed by atoms with van der Waals surface area (Å²) in [5.74, 6) is 0.529. The number of benzene rings is 1. The third kappa shape index (κ3) is 4.39. The van der Waals surface area contributed by atoms with Crippen LogP contribution in [0.15, 0.2) is 53.6 Å². The highest BCUT2D eigenvalue weighted by molar-refractivity contribution is 5.83. The molecule has 1 aliphatic heterocycles. The van der Waals surface area contributed by atoms with Gasteiger partial charge in [0.25, 0.3) is 5.56 Å². The number of nitrogens with one attached hydrogen (secondary N) is 2. The van der Waals surface area contributed by atoms with Gasteiger partial charge in [-0.15, -0.1) is 0 Å². The molecular formula is C27H29F3N6O. The molecule has 10 heteroatoms. The molecule has 2 N–H and O–H groups in total. The average molecular weight is 511 g/mol. The summed E-state index contributed by atoms with van der Waals surface area (Å²) >= 11 is 0. The lowest BCUT2D eigenvalue weighted by Crippen LogP contribution is -2.37. The summed E-state index contributed by atoms with van der Waals surface area (Å²) in [5, 5.41) is 7.06. The van der Waals surface area contributed by atoms with Crippen LogP contribution in [-0.4, -0.2) is 32.1 Å². The molecule has 7 nitrogen and oxygen atoms in total. The topological polar surface area (TPSA) is 76.8 Å². The maximum Gasteiger partial charge on any atom is 0.399 e. The zero-order valence-corrected chi connectivity index (χ0v) is 21.1. The van der Waals surface area contributed by atoms with Gasteiger partial charge in [0, 0.05) is 36.7 Å². The molecule has 0 bridgehead atoms. The molecule has 4 aromatic rings. The first-order chi connectivity index (χ1) is 17.5. The molecule has 37 heavy (non-hydrogen) atoms. The van der Waals surface area contributed by atoms with Crippen LogP contribution in [0.5, 0.6) is 0 Å². The quantitative estimate of drug-likeness (QED) is 0.376. The predicted molar refractivity (Wildman–Crippen MR) is 138 cm³/mol. The van der Waals surface area contributed by atoms with Crippen LogP contribution in [0.25, 0.3) is 16.6 Å². The summed E-state index contributed by atoms with van der Waals surface area (Å²) in [5.41, 5.74) is 1.81. The Morgan fingerprint density at radius 3 is 2.57 bits per heavy atom. The van der Waals surface area contributed by atoms with Crippen molar-refractivity contribution in [2.75, 3.05) is 11.9 Å². The van der Waals surface area contributed by atoms with Gasteiger partial charge in [-0.2, -0.15) is 13.2 Å². The SMILES string of the molecule is CC(C)n1c(=O)c2cnc(Nc3ccc4c(c3)CCNC4)cc2n1-c1ccnc(C(C)(C)C(F)(F)F)c1. The van der Waals surface area contributed by atoms with Gasteiger partial charge in [0.2, 0.25) is 0 Å². The first kappa shape index (κ1) is 25.0. The van der Waals surface area contributed by atoms with E-state index in [0.717, 1.165) is 39.0 Å². The van der Waals surface area contributed by atoms with Gasteiger partial charge in [-0.05, 0) is 76.1 Å². The van der Waals surface area contributed by atoms with Gasteiger partial charge in [0.05, 0.1) is 22.3 Å². The van der Waals surface area contributed by atoms with Gasteiger partial charge >= 0.3 is 6.18 Å². The number of rotatable bonds is 5. The number of alkyl halides is 3. The van der Waals surface area contributed by atoms with E-state index in [4.69, 9.17) is 0 Å². The number of halogens is 3. The summed E-state index contributed by atoms with van der Waals surface area (Å²) in [4.78, 5) is 21.8. The summed E-state index contributed by atoms with van der Waals surface area (Å²) in [6.45, 7) is 7.68. The Labute approximate surface area is 212 Å². The van der Waals surface area contributed by atoms with Crippen molar-refractivity contribution in [3.8, 4) is 5.69 Å². The Morgan fingerprint density at radius 1 is 1.05 bits per heavy atom. The van der Waals surface area contributed by atoms with E-state index < -0.39 is 11.6 Å². The van der Waals surface area contributed by atoms with E-state index >= 15 is 0 Å². The molecule has 0 atom stereocenters. The molecule has 1 aromatic carbocycles. The molecule has 0 saturated carbocycles. The minimum atomic E-state index is -4.49. The molecule has 0 radical (unpaired) electrons. The maximum absolute atomic E-state index is 13.8. The highest BCUT2D eigenvalue weighted by Gasteiger charge is 2.49. The molecule has 0 spiro atoms. The minimum Gasteiger partial charge on any atom is -0.340 e. The fourth-order valence-electron chi connectivity index (χ4n) is 4.65. The average Bonchev–Trinajstić information content (AvgIpc) is 3.15. The third-order valence-electron chi connectivity index (χ3n) is 6.96. The zero-order chi connectivity index (χ0) is 26.5. The maximum atomic E-state index is 13.8. The van der Waals surface area contributed by atoms with Crippen LogP contribution in [0.1, 0.15) is 50.6 Å². The Morgan fingerprint density at radius 2 is 1.84 bits per heavy atom. The second-order valence-corrected chi connectivity index (χ2v) is 10.2. The second kappa shape index (κ2) is 9.02. The molecule has 0 amide bonds. The molecule has 1 aliphatic rings. The molecule has 0 saturated heterocycles. The first-order valence-electron chi connectivity index (χ1n) is 12.2. The second-order valence-electron chi connectivity index (χ2n) is 10.2. The smallest absolute Gasteiger partial charge is 0.340 e. The van der Waals surface area contributed by atoms with Crippen LogP contribution >= 0.6 is 0 Å². The van der Waals surface area contributed by atoms with Gasteiger partial charge in [-0.3, -0.25) is 9.78 Å². The van der Waals surface area contributed by atoms with Crippen molar-refractivity contribution >= 4 is 22.4 Å². The lowest BCUT2D eigenvalue weighted by atomic mass is 9.88. The summed E-state index contributed by atoms with van der Waals surface area (Å²) in [6.07, 6.45) is -0.686. The lowest BCUT2D eigenvalue weighted by molar-refractivity contribution is -0.181. The molecule has 0 fully saturated rings. The summed E-state index contributed by atoms with van der Waals surface area (Å²) < 4.78 is 44.5. The molecular weight excluding hydrogens is 481 g/mol. The van der Waals surface area contributed by atoms with Crippen molar-refractivity contribution < 1.29 is 13.2 Å². The largest absolute Gasteiger partial charge is 0.399 e. The Kier molecular flexibility index (Phi) is 6.10. The molecule has 0 aliphatic carbocycles. The highest BCUT2D eigenvalue weighted by Crippen LogP contribution is 2.40. The monoisotopic (exact) mass is 510 g/mol. The number of pyridine rings is 2. The fourth-order valence-corrected chi connectivity index (χ4v) is 4.65. The number of anilines is 2. The summed E-state index contributed by atoms with van der Waals surface area (Å²) in [7, 11) is 0. The molecule has 5 rings (SSSR count). The van der Waals surface area contributed by atoms with Crippen molar-refractivity contribution in [1.29, 1.82) is 0 Å².